The number of esters is 1. The molecule has 0 bridgehead atoms. The lowest BCUT2D eigenvalue weighted by Crippen LogP contribution is -2.14. The molecule has 2 aromatic rings. The van der Waals surface area contributed by atoms with Crippen molar-refractivity contribution in [2.75, 3.05) is 18.6 Å². The van der Waals surface area contributed by atoms with Crippen LogP contribution >= 0.6 is 0 Å². The first-order valence-electron chi connectivity index (χ1n) is 5.81. The van der Waals surface area contributed by atoms with Crippen LogP contribution in [-0.2, 0) is 17.7 Å². The molecule has 0 unspecified atom stereocenters. The maximum Gasteiger partial charge on any atom is 0.360 e. The molecule has 10 nitrogen and oxygen atoms in total. The predicted octanol–water partition coefficient (Wildman–Crippen LogP) is -0.975. The maximum absolute atomic E-state index is 11.5. The first kappa shape index (κ1) is 13.6. The minimum Gasteiger partial charge on any atom is -0.464 e. The fraction of sp³-hybridized carbons (Fsp3) is 0.400. The molecule has 0 radical (unpaired) electrons. The van der Waals surface area contributed by atoms with Gasteiger partial charge in [0, 0.05) is 0 Å². The highest BCUT2D eigenvalue weighted by Crippen LogP contribution is 2.10. The van der Waals surface area contributed by atoms with Crippen molar-refractivity contribution in [1.29, 1.82) is 0 Å². The summed E-state index contributed by atoms with van der Waals surface area (Å²) in [6, 6.07) is 0. The summed E-state index contributed by atoms with van der Waals surface area (Å²) in [4.78, 5) is 23.1. The van der Waals surface area contributed by atoms with Crippen LogP contribution in [0.2, 0.25) is 0 Å². The Hall–Kier alpha value is -2.78. The summed E-state index contributed by atoms with van der Waals surface area (Å²) in [5, 5.41) is 7.70. The van der Waals surface area contributed by atoms with Crippen molar-refractivity contribution in [2.24, 2.45) is 0 Å². The van der Waals surface area contributed by atoms with Gasteiger partial charge in [0.25, 0.3) is 0 Å². The minimum absolute atomic E-state index is 0.0267. The van der Waals surface area contributed by atoms with Crippen LogP contribution in [0.4, 0.5) is 11.9 Å². The third kappa shape index (κ3) is 2.63. The number of methoxy groups -OCH3 is 1. The van der Waals surface area contributed by atoms with Crippen LogP contribution in [0.15, 0.2) is 0 Å². The quantitative estimate of drug-likeness (QED) is 0.673. The van der Waals surface area contributed by atoms with Crippen molar-refractivity contribution in [1.82, 2.24) is 29.9 Å². The van der Waals surface area contributed by atoms with Crippen molar-refractivity contribution < 1.29 is 9.53 Å². The zero-order chi connectivity index (χ0) is 14.7. The van der Waals surface area contributed by atoms with E-state index in [0.29, 0.717) is 17.9 Å². The van der Waals surface area contributed by atoms with E-state index in [2.05, 4.69) is 30.0 Å². The van der Waals surface area contributed by atoms with E-state index in [-0.39, 0.29) is 24.1 Å². The highest BCUT2D eigenvalue weighted by molar-refractivity contribution is 5.88. The third-order valence-corrected chi connectivity index (χ3v) is 2.56. The van der Waals surface area contributed by atoms with Crippen LogP contribution in [0.25, 0.3) is 0 Å². The second-order valence-electron chi connectivity index (χ2n) is 3.86. The van der Waals surface area contributed by atoms with E-state index in [1.807, 2.05) is 6.92 Å². The Morgan fingerprint density at radius 2 is 1.90 bits per heavy atom. The number of carbonyl (C=O) groups excluding carboxylic acids is 1. The molecule has 0 saturated carbocycles. The summed E-state index contributed by atoms with van der Waals surface area (Å²) in [7, 11) is 1.29. The summed E-state index contributed by atoms with van der Waals surface area (Å²) in [5.74, 6) is -0.147. The monoisotopic (exact) mass is 278 g/mol. The smallest absolute Gasteiger partial charge is 0.360 e. The number of hydrogen-bond donors (Lipinski definition) is 2. The molecular weight excluding hydrogens is 264 g/mol. The lowest BCUT2D eigenvalue weighted by atomic mass is 10.2. The van der Waals surface area contributed by atoms with E-state index in [9.17, 15) is 4.79 Å². The second kappa shape index (κ2) is 5.47. The molecule has 20 heavy (non-hydrogen) atoms. The van der Waals surface area contributed by atoms with Crippen LogP contribution in [0.3, 0.4) is 0 Å². The van der Waals surface area contributed by atoms with Crippen LogP contribution in [0, 0.1) is 0 Å². The molecule has 0 aliphatic rings. The average Bonchev–Trinajstić information content (AvgIpc) is 2.79. The number of anilines is 2. The first-order chi connectivity index (χ1) is 9.55. The van der Waals surface area contributed by atoms with E-state index in [0.717, 1.165) is 0 Å². The molecule has 0 atom stereocenters. The van der Waals surface area contributed by atoms with Gasteiger partial charge in [0.15, 0.2) is 11.5 Å². The van der Waals surface area contributed by atoms with Gasteiger partial charge in [0.05, 0.1) is 12.8 Å². The van der Waals surface area contributed by atoms with Crippen LogP contribution in [0.5, 0.6) is 0 Å². The normalized spacial score (nSPS) is 10.5. The van der Waals surface area contributed by atoms with E-state index in [4.69, 9.17) is 11.5 Å². The SMILES string of the molecule is CCc1c(C(=O)OC)nnn1Cc1nc(N)nc(N)n1. The van der Waals surface area contributed by atoms with Gasteiger partial charge in [-0.25, -0.2) is 9.48 Å². The van der Waals surface area contributed by atoms with Gasteiger partial charge in [0.2, 0.25) is 11.9 Å². The minimum atomic E-state index is -0.539. The Morgan fingerprint density at radius 1 is 1.25 bits per heavy atom. The van der Waals surface area contributed by atoms with Gasteiger partial charge in [0.1, 0.15) is 6.54 Å². The maximum atomic E-state index is 11.5. The van der Waals surface area contributed by atoms with Crippen molar-refractivity contribution in [3.05, 3.63) is 17.2 Å². The molecule has 2 rings (SSSR count). The number of nitrogen functional groups attached to an aromatic ring is 2. The topological polar surface area (TPSA) is 148 Å². The second-order valence-corrected chi connectivity index (χ2v) is 3.86. The Balaban J connectivity index is 2.34. The standard InChI is InChI=1S/C10H14N8O2/c1-3-5-7(8(19)20-2)16-17-18(5)4-6-13-9(11)15-10(12)14-6/h3-4H2,1-2H3,(H4,11,12,13,14,15). The van der Waals surface area contributed by atoms with Crippen LogP contribution in [-0.4, -0.2) is 43.0 Å². The molecular formula is C10H14N8O2. The van der Waals surface area contributed by atoms with Crippen molar-refractivity contribution in [3.63, 3.8) is 0 Å². The van der Waals surface area contributed by atoms with E-state index >= 15 is 0 Å². The number of nitrogens with two attached hydrogens (primary N) is 2. The average molecular weight is 278 g/mol. The van der Waals surface area contributed by atoms with E-state index in [1.54, 1.807) is 0 Å². The van der Waals surface area contributed by atoms with Gasteiger partial charge in [-0.2, -0.15) is 15.0 Å². The molecule has 0 aliphatic carbocycles. The number of nitrogens with zero attached hydrogens (tertiary/aromatic N) is 6. The lowest BCUT2D eigenvalue weighted by Gasteiger charge is -2.05. The van der Waals surface area contributed by atoms with Gasteiger partial charge in [-0.1, -0.05) is 12.1 Å². The number of hydrogen-bond acceptors (Lipinski definition) is 9. The van der Waals surface area contributed by atoms with E-state index in [1.165, 1.54) is 11.8 Å². The van der Waals surface area contributed by atoms with Crippen LogP contribution < -0.4 is 11.5 Å². The molecule has 0 saturated heterocycles. The summed E-state index contributed by atoms with van der Waals surface area (Å²) < 4.78 is 6.14. The Bertz CT molecular complexity index is 618. The number of carbonyl (C=O) groups is 1. The summed E-state index contributed by atoms with van der Waals surface area (Å²) >= 11 is 0. The highest BCUT2D eigenvalue weighted by Gasteiger charge is 2.19. The van der Waals surface area contributed by atoms with Gasteiger partial charge in [-0.15, -0.1) is 5.10 Å². The van der Waals surface area contributed by atoms with Crippen LogP contribution in [0.1, 0.15) is 28.9 Å². The Labute approximate surface area is 114 Å². The summed E-state index contributed by atoms with van der Waals surface area (Å²) in [5.41, 5.74) is 11.8. The Morgan fingerprint density at radius 3 is 2.45 bits per heavy atom. The van der Waals surface area contributed by atoms with Crippen molar-refractivity contribution in [3.8, 4) is 0 Å². The van der Waals surface area contributed by atoms with Gasteiger partial charge < -0.3 is 16.2 Å². The molecule has 4 N–H and O–H groups in total. The van der Waals surface area contributed by atoms with Gasteiger partial charge in [-0.3, -0.25) is 0 Å². The fourth-order valence-corrected chi connectivity index (χ4v) is 1.73. The lowest BCUT2D eigenvalue weighted by molar-refractivity contribution is 0.0592. The van der Waals surface area contributed by atoms with Crippen molar-refractivity contribution in [2.45, 2.75) is 19.9 Å². The van der Waals surface area contributed by atoms with E-state index < -0.39 is 5.97 Å². The summed E-state index contributed by atoms with van der Waals surface area (Å²) in [6.07, 6.45) is 0.549. The number of rotatable bonds is 4. The van der Waals surface area contributed by atoms with Gasteiger partial charge in [-0.05, 0) is 6.42 Å². The zero-order valence-electron chi connectivity index (χ0n) is 11.1. The zero-order valence-corrected chi connectivity index (χ0v) is 11.1. The third-order valence-electron chi connectivity index (χ3n) is 2.56. The molecule has 106 valence electrons. The summed E-state index contributed by atoms with van der Waals surface area (Å²) in [6.45, 7) is 2.06. The molecule has 2 heterocycles. The molecule has 0 fully saturated rings. The molecule has 0 spiro atoms. The molecule has 0 amide bonds. The number of ether oxygens (including phenoxy) is 1. The van der Waals surface area contributed by atoms with Crippen molar-refractivity contribution >= 4 is 17.9 Å². The first-order valence-corrected chi connectivity index (χ1v) is 5.81. The highest BCUT2D eigenvalue weighted by atomic mass is 16.5. The molecule has 10 heteroatoms. The predicted molar refractivity (Wildman–Crippen MR) is 68.5 cm³/mol. The molecule has 2 aromatic heterocycles. The Kier molecular flexibility index (Phi) is 3.73. The molecule has 0 aliphatic heterocycles. The largest absolute Gasteiger partial charge is 0.464 e. The number of aromatic nitrogens is 6. The molecule has 0 aromatic carbocycles. The van der Waals surface area contributed by atoms with Gasteiger partial charge >= 0.3 is 5.97 Å². The fourth-order valence-electron chi connectivity index (χ4n) is 1.73.